The third-order valence-electron chi connectivity index (χ3n) is 5.12. The lowest BCUT2D eigenvalue weighted by Crippen LogP contribution is -2.17. The Balaban J connectivity index is 1.66. The molecule has 0 fully saturated rings. The van der Waals surface area contributed by atoms with Crippen molar-refractivity contribution in [2.45, 2.75) is 25.9 Å². The zero-order chi connectivity index (χ0) is 19.8. The van der Waals surface area contributed by atoms with Crippen LogP contribution in [0.15, 0.2) is 41.0 Å². The molecule has 0 bridgehead atoms. The summed E-state index contributed by atoms with van der Waals surface area (Å²) in [6.07, 6.45) is 2.70. The summed E-state index contributed by atoms with van der Waals surface area (Å²) in [6.45, 7) is 2.72. The van der Waals surface area contributed by atoms with Gasteiger partial charge in [0.15, 0.2) is 11.5 Å². The first-order valence-corrected chi connectivity index (χ1v) is 9.83. The Bertz CT molecular complexity index is 1030. The Morgan fingerprint density at radius 1 is 1.18 bits per heavy atom. The molecular formula is C21H21BrFN3O2. The molecule has 7 heteroatoms. The first-order chi connectivity index (χ1) is 13.5. The molecule has 1 aliphatic heterocycles. The number of rotatable bonds is 5. The van der Waals surface area contributed by atoms with Crippen LogP contribution in [0.2, 0.25) is 0 Å². The Labute approximate surface area is 171 Å². The monoisotopic (exact) mass is 445 g/mol. The van der Waals surface area contributed by atoms with E-state index >= 15 is 0 Å². The highest BCUT2D eigenvalue weighted by Crippen LogP contribution is 2.39. The minimum atomic E-state index is -0.248. The molecule has 0 radical (unpaired) electrons. The molecule has 0 saturated carbocycles. The van der Waals surface area contributed by atoms with Gasteiger partial charge < -0.3 is 19.4 Å². The normalized spacial score (nSPS) is 13.5. The standard InChI is InChI=1S/C21H21BrFN3O2/c1-12(15-5-4-14(22)9-17(15)23)25-21-24-11-18-16-10-20(28-3)19(27-2)8-13(16)6-7-26(18)21/h4-5,8-12H,6-7H2,1-3H3,(H,24,25). The van der Waals surface area contributed by atoms with Crippen LogP contribution in [0.4, 0.5) is 10.3 Å². The van der Waals surface area contributed by atoms with Crippen LogP contribution >= 0.6 is 15.9 Å². The molecule has 2 heterocycles. The molecule has 1 unspecified atom stereocenters. The average molecular weight is 446 g/mol. The van der Waals surface area contributed by atoms with E-state index in [0.717, 1.165) is 40.4 Å². The fourth-order valence-electron chi connectivity index (χ4n) is 3.65. The molecule has 1 atom stereocenters. The van der Waals surface area contributed by atoms with E-state index in [-0.39, 0.29) is 11.9 Å². The number of ether oxygens (including phenoxy) is 2. The second-order valence-corrected chi connectivity index (χ2v) is 7.68. The molecule has 146 valence electrons. The van der Waals surface area contributed by atoms with Gasteiger partial charge in [-0.15, -0.1) is 0 Å². The first kappa shape index (κ1) is 18.8. The molecule has 0 saturated heterocycles. The predicted molar refractivity (Wildman–Crippen MR) is 111 cm³/mol. The molecule has 1 aliphatic rings. The smallest absolute Gasteiger partial charge is 0.203 e. The van der Waals surface area contributed by atoms with Gasteiger partial charge in [-0.2, -0.15) is 0 Å². The summed E-state index contributed by atoms with van der Waals surface area (Å²) >= 11 is 3.30. The highest BCUT2D eigenvalue weighted by Gasteiger charge is 2.23. The van der Waals surface area contributed by atoms with Crippen molar-refractivity contribution in [1.29, 1.82) is 0 Å². The van der Waals surface area contributed by atoms with E-state index in [0.29, 0.717) is 11.3 Å². The van der Waals surface area contributed by atoms with Gasteiger partial charge in [-0.25, -0.2) is 9.37 Å². The SMILES string of the molecule is COc1cc2c(cc1OC)-c1cnc(NC(C)c3ccc(Br)cc3F)n1CC2. The number of nitrogens with zero attached hydrogens (tertiary/aromatic N) is 2. The van der Waals surface area contributed by atoms with Crippen LogP contribution in [-0.4, -0.2) is 23.8 Å². The molecule has 3 aromatic rings. The predicted octanol–water partition coefficient (Wildman–Crippen LogP) is 5.20. The minimum absolute atomic E-state index is 0.216. The fourth-order valence-corrected chi connectivity index (χ4v) is 3.99. The van der Waals surface area contributed by atoms with Crippen LogP contribution in [0.25, 0.3) is 11.3 Å². The van der Waals surface area contributed by atoms with Crippen LogP contribution in [0.3, 0.4) is 0 Å². The third kappa shape index (κ3) is 3.24. The minimum Gasteiger partial charge on any atom is -0.493 e. The third-order valence-corrected chi connectivity index (χ3v) is 5.61. The Kier molecular flexibility index (Phi) is 5.02. The Hall–Kier alpha value is -2.54. The number of methoxy groups -OCH3 is 2. The van der Waals surface area contributed by atoms with E-state index < -0.39 is 0 Å². The summed E-state index contributed by atoms with van der Waals surface area (Å²) in [6, 6.07) is 8.90. The second kappa shape index (κ2) is 7.47. The molecule has 28 heavy (non-hydrogen) atoms. The maximum absolute atomic E-state index is 14.3. The quantitative estimate of drug-likeness (QED) is 0.586. The number of fused-ring (bicyclic) bond motifs is 3. The van der Waals surface area contributed by atoms with E-state index in [9.17, 15) is 4.39 Å². The maximum Gasteiger partial charge on any atom is 0.203 e. The molecule has 1 N–H and O–H groups in total. The Morgan fingerprint density at radius 3 is 2.64 bits per heavy atom. The van der Waals surface area contributed by atoms with Gasteiger partial charge in [0.2, 0.25) is 5.95 Å². The van der Waals surface area contributed by atoms with Crippen molar-refractivity contribution in [2.24, 2.45) is 0 Å². The number of benzene rings is 2. The summed E-state index contributed by atoms with van der Waals surface area (Å²) in [5.74, 6) is 1.90. The lowest BCUT2D eigenvalue weighted by atomic mass is 9.98. The van der Waals surface area contributed by atoms with Gasteiger partial charge in [0.1, 0.15) is 5.82 Å². The highest BCUT2D eigenvalue weighted by molar-refractivity contribution is 9.10. The van der Waals surface area contributed by atoms with E-state index in [1.807, 2.05) is 31.3 Å². The van der Waals surface area contributed by atoms with Crippen LogP contribution in [0.5, 0.6) is 11.5 Å². The second-order valence-electron chi connectivity index (χ2n) is 6.76. The van der Waals surface area contributed by atoms with Crippen molar-refractivity contribution in [3.63, 3.8) is 0 Å². The summed E-state index contributed by atoms with van der Waals surface area (Å²) in [5, 5.41) is 3.35. The van der Waals surface area contributed by atoms with Crippen molar-refractivity contribution < 1.29 is 13.9 Å². The molecule has 0 amide bonds. The number of halogens is 2. The van der Waals surface area contributed by atoms with Crippen LogP contribution in [0, 0.1) is 5.82 Å². The average Bonchev–Trinajstić information content (AvgIpc) is 3.09. The number of aromatic nitrogens is 2. The molecular weight excluding hydrogens is 425 g/mol. The summed E-state index contributed by atoms with van der Waals surface area (Å²) in [4.78, 5) is 4.56. The zero-order valence-corrected chi connectivity index (χ0v) is 17.5. The molecule has 0 aliphatic carbocycles. The lowest BCUT2D eigenvalue weighted by Gasteiger charge is -2.23. The van der Waals surface area contributed by atoms with E-state index in [1.165, 1.54) is 11.6 Å². The zero-order valence-electron chi connectivity index (χ0n) is 15.9. The number of imidazole rings is 1. The summed E-state index contributed by atoms with van der Waals surface area (Å²) in [7, 11) is 3.27. The number of aryl methyl sites for hydroxylation is 1. The summed E-state index contributed by atoms with van der Waals surface area (Å²) in [5.41, 5.74) is 3.88. The number of hydrogen-bond acceptors (Lipinski definition) is 4. The van der Waals surface area contributed by atoms with Crippen LogP contribution in [0.1, 0.15) is 24.1 Å². The van der Waals surface area contributed by atoms with Crippen molar-refractivity contribution in [3.8, 4) is 22.8 Å². The van der Waals surface area contributed by atoms with Gasteiger partial charge in [0, 0.05) is 22.1 Å². The van der Waals surface area contributed by atoms with Gasteiger partial charge in [0.05, 0.1) is 32.2 Å². The summed E-state index contributed by atoms with van der Waals surface area (Å²) < 4.78 is 28.0. The molecule has 1 aromatic heterocycles. The lowest BCUT2D eigenvalue weighted by molar-refractivity contribution is 0.354. The first-order valence-electron chi connectivity index (χ1n) is 9.04. The van der Waals surface area contributed by atoms with Crippen molar-refractivity contribution in [1.82, 2.24) is 9.55 Å². The fraction of sp³-hybridized carbons (Fsp3) is 0.286. The molecule has 4 rings (SSSR count). The highest BCUT2D eigenvalue weighted by atomic mass is 79.9. The number of nitrogens with one attached hydrogen (secondary N) is 1. The van der Waals surface area contributed by atoms with E-state index in [2.05, 4.69) is 30.8 Å². The maximum atomic E-state index is 14.3. The van der Waals surface area contributed by atoms with E-state index in [4.69, 9.17) is 9.47 Å². The topological polar surface area (TPSA) is 48.3 Å². The van der Waals surface area contributed by atoms with Gasteiger partial charge in [-0.3, -0.25) is 0 Å². The van der Waals surface area contributed by atoms with Crippen molar-refractivity contribution >= 4 is 21.9 Å². The van der Waals surface area contributed by atoms with Gasteiger partial charge in [-0.1, -0.05) is 22.0 Å². The van der Waals surface area contributed by atoms with E-state index in [1.54, 1.807) is 20.3 Å². The van der Waals surface area contributed by atoms with Gasteiger partial charge in [-0.05, 0) is 43.2 Å². The van der Waals surface area contributed by atoms with Crippen molar-refractivity contribution in [3.05, 3.63) is 57.9 Å². The van der Waals surface area contributed by atoms with Crippen LogP contribution in [-0.2, 0) is 13.0 Å². The van der Waals surface area contributed by atoms with Crippen LogP contribution < -0.4 is 14.8 Å². The number of anilines is 1. The molecule has 5 nitrogen and oxygen atoms in total. The molecule has 2 aromatic carbocycles. The van der Waals surface area contributed by atoms with Gasteiger partial charge >= 0.3 is 0 Å². The largest absolute Gasteiger partial charge is 0.493 e. The van der Waals surface area contributed by atoms with Crippen molar-refractivity contribution in [2.75, 3.05) is 19.5 Å². The Morgan fingerprint density at radius 2 is 1.93 bits per heavy atom. The molecule has 0 spiro atoms. The van der Waals surface area contributed by atoms with Gasteiger partial charge in [0.25, 0.3) is 0 Å². The number of hydrogen-bond donors (Lipinski definition) is 1.